The Bertz CT molecular complexity index is 215. The van der Waals surface area contributed by atoms with Crippen LogP contribution in [0.1, 0.15) is 46.0 Å². The van der Waals surface area contributed by atoms with Crippen LogP contribution in [-0.2, 0) is 4.74 Å². The van der Waals surface area contributed by atoms with Crippen molar-refractivity contribution in [2.45, 2.75) is 52.1 Å². The van der Waals surface area contributed by atoms with Gasteiger partial charge in [-0.3, -0.25) is 0 Å². The third kappa shape index (κ3) is 2.21. The number of rotatable bonds is 5. The molecule has 0 aromatic carbocycles. The minimum atomic E-state index is 0.316. The van der Waals surface area contributed by atoms with E-state index in [4.69, 9.17) is 10.5 Å². The van der Waals surface area contributed by atoms with Gasteiger partial charge in [0.25, 0.3) is 0 Å². The van der Waals surface area contributed by atoms with E-state index in [-0.39, 0.29) is 0 Å². The first-order valence-electron chi connectivity index (χ1n) is 6.53. The van der Waals surface area contributed by atoms with Crippen molar-refractivity contribution in [2.75, 3.05) is 13.2 Å². The van der Waals surface area contributed by atoms with Crippen molar-refractivity contribution in [3.8, 4) is 0 Å². The molecular formula is C13H25NO. The number of nitrogens with two attached hydrogens (primary N) is 1. The molecule has 0 aromatic rings. The fraction of sp³-hybridized carbons (Fsp3) is 1.00. The molecule has 1 aliphatic heterocycles. The van der Waals surface area contributed by atoms with Crippen LogP contribution in [0.4, 0.5) is 0 Å². The van der Waals surface area contributed by atoms with Crippen molar-refractivity contribution < 1.29 is 4.74 Å². The van der Waals surface area contributed by atoms with Crippen LogP contribution < -0.4 is 5.73 Å². The molecule has 1 aliphatic carbocycles. The Morgan fingerprint density at radius 3 is 2.73 bits per heavy atom. The van der Waals surface area contributed by atoms with Gasteiger partial charge in [0, 0.05) is 18.6 Å². The standard InChI is InChI=1S/C13H25NO/c1-3-10(2)8-13(9-14)6-7-15-12(13)11-4-5-11/h10-12H,3-9,14H2,1-2H3. The summed E-state index contributed by atoms with van der Waals surface area (Å²) in [6, 6.07) is 0. The highest BCUT2D eigenvalue weighted by atomic mass is 16.5. The predicted molar refractivity (Wildman–Crippen MR) is 62.6 cm³/mol. The quantitative estimate of drug-likeness (QED) is 0.758. The van der Waals surface area contributed by atoms with E-state index in [1.165, 1.54) is 32.1 Å². The van der Waals surface area contributed by atoms with Gasteiger partial charge >= 0.3 is 0 Å². The lowest BCUT2D eigenvalue weighted by molar-refractivity contribution is 0.0235. The molecule has 2 rings (SSSR count). The van der Waals surface area contributed by atoms with Gasteiger partial charge in [-0.15, -0.1) is 0 Å². The second kappa shape index (κ2) is 4.42. The van der Waals surface area contributed by atoms with Gasteiger partial charge in [-0.05, 0) is 37.5 Å². The Balaban J connectivity index is 2.04. The molecule has 3 unspecified atom stereocenters. The van der Waals surface area contributed by atoms with Gasteiger partial charge in [0.05, 0.1) is 6.10 Å². The zero-order valence-electron chi connectivity index (χ0n) is 10.2. The summed E-state index contributed by atoms with van der Waals surface area (Å²) in [6.07, 6.45) is 6.94. The van der Waals surface area contributed by atoms with E-state index in [2.05, 4.69) is 13.8 Å². The highest BCUT2D eigenvalue weighted by molar-refractivity contribution is 5.00. The molecule has 2 aliphatic rings. The monoisotopic (exact) mass is 211 g/mol. The van der Waals surface area contributed by atoms with Gasteiger partial charge in [-0.25, -0.2) is 0 Å². The highest BCUT2D eigenvalue weighted by Crippen LogP contribution is 2.50. The fourth-order valence-corrected chi connectivity index (χ4v) is 3.10. The predicted octanol–water partition coefficient (Wildman–Crippen LogP) is 2.57. The summed E-state index contributed by atoms with van der Waals surface area (Å²) < 4.78 is 5.95. The van der Waals surface area contributed by atoms with Gasteiger partial charge in [0.15, 0.2) is 0 Å². The highest BCUT2D eigenvalue weighted by Gasteiger charge is 2.50. The molecule has 2 heteroatoms. The summed E-state index contributed by atoms with van der Waals surface area (Å²) in [5.74, 6) is 1.62. The van der Waals surface area contributed by atoms with E-state index < -0.39 is 0 Å². The molecule has 0 radical (unpaired) electrons. The molecule has 88 valence electrons. The van der Waals surface area contributed by atoms with Crippen LogP contribution in [0, 0.1) is 17.3 Å². The SMILES string of the molecule is CCC(C)CC1(CN)CCOC1C1CC1. The lowest BCUT2D eigenvalue weighted by Gasteiger charge is -2.35. The molecule has 3 atom stereocenters. The van der Waals surface area contributed by atoms with Crippen molar-refractivity contribution in [2.24, 2.45) is 23.0 Å². The summed E-state index contributed by atoms with van der Waals surface area (Å²) >= 11 is 0. The first kappa shape index (κ1) is 11.4. The van der Waals surface area contributed by atoms with Crippen molar-refractivity contribution in [3.63, 3.8) is 0 Å². The Morgan fingerprint density at radius 2 is 2.20 bits per heavy atom. The average Bonchev–Trinajstić information content (AvgIpc) is 3.01. The minimum Gasteiger partial charge on any atom is -0.377 e. The molecule has 2 nitrogen and oxygen atoms in total. The van der Waals surface area contributed by atoms with Crippen LogP contribution in [0.3, 0.4) is 0 Å². The van der Waals surface area contributed by atoms with Crippen molar-refractivity contribution in [3.05, 3.63) is 0 Å². The average molecular weight is 211 g/mol. The second-order valence-corrected chi connectivity index (χ2v) is 5.66. The van der Waals surface area contributed by atoms with Crippen molar-refractivity contribution >= 4 is 0 Å². The zero-order chi connectivity index (χ0) is 10.9. The van der Waals surface area contributed by atoms with Crippen molar-refractivity contribution in [1.29, 1.82) is 0 Å². The molecular weight excluding hydrogens is 186 g/mol. The van der Waals surface area contributed by atoms with Gasteiger partial charge in [0.2, 0.25) is 0 Å². The molecule has 0 aromatic heterocycles. The van der Waals surface area contributed by atoms with E-state index in [1.54, 1.807) is 0 Å². The maximum atomic E-state index is 6.05. The normalized spacial score (nSPS) is 38.2. The number of hydrogen-bond acceptors (Lipinski definition) is 2. The third-order valence-corrected chi connectivity index (χ3v) is 4.41. The molecule has 0 bridgehead atoms. The van der Waals surface area contributed by atoms with Crippen LogP contribution in [-0.4, -0.2) is 19.3 Å². The van der Waals surface area contributed by atoms with Crippen LogP contribution in [0.2, 0.25) is 0 Å². The van der Waals surface area contributed by atoms with Gasteiger partial charge in [-0.1, -0.05) is 20.3 Å². The van der Waals surface area contributed by atoms with Gasteiger partial charge in [-0.2, -0.15) is 0 Å². The molecule has 2 fully saturated rings. The smallest absolute Gasteiger partial charge is 0.0672 e. The molecule has 0 spiro atoms. The molecule has 15 heavy (non-hydrogen) atoms. The lowest BCUT2D eigenvalue weighted by atomic mass is 9.72. The van der Waals surface area contributed by atoms with Crippen LogP contribution in [0.25, 0.3) is 0 Å². The molecule has 1 heterocycles. The van der Waals surface area contributed by atoms with E-state index in [9.17, 15) is 0 Å². The minimum absolute atomic E-state index is 0.316. The first-order valence-corrected chi connectivity index (χ1v) is 6.53. The summed E-state index contributed by atoms with van der Waals surface area (Å²) in [5, 5.41) is 0. The molecule has 2 N–H and O–H groups in total. The zero-order valence-corrected chi connectivity index (χ0v) is 10.2. The largest absolute Gasteiger partial charge is 0.377 e. The van der Waals surface area contributed by atoms with Crippen LogP contribution in [0.5, 0.6) is 0 Å². The molecule has 0 amide bonds. The fourth-order valence-electron chi connectivity index (χ4n) is 3.10. The second-order valence-electron chi connectivity index (χ2n) is 5.66. The topological polar surface area (TPSA) is 35.2 Å². The van der Waals surface area contributed by atoms with Gasteiger partial charge < -0.3 is 10.5 Å². The first-order chi connectivity index (χ1) is 7.22. The Labute approximate surface area is 93.6 Å². The molecule has 1 saturated carbocycles. The molecule has 1 saturated heterocycles. The maximum absolute atomic E-state index is 6.05. The number of hydrogen-bond donors (Lipinski definition) is 1. The van der Waals surface area contributed by atoms with Crippen LogP contribution >= 0.6 is 0 Å². The summed E-state index contributed by atoms with van der Waals surface area (Å²) in [6.45, 7) is 6.38. The van der Waals surface area contributed by atoms with E-state index >= 15 is 0 Å². The Hall–Kier alpha value is -0.0800. The summed E-state index contributed by atoms with van der Waals surface area (Å²) in [7, 11) is 0. The lowest BCUT2D eigenvalue weighted by Crippen LogP contribution is -2.40. The van der Waals surface area contributed by atoms with E-state index in [1.807, 2.05) is 0 Å². The van der Waals surface area contributed by atoms with E-state index in [0.717, 1.165) is 25.0 Å². The third-order valence-electron chi connectivity index (χ3n) is 4.41. The van der Waals surface area contributed by atoms with Crippen LogP contribution in [0.15, 0.2) is 0 Å². The van der Waals surface area contributed by atoms with Crippen molar-refractivity contribution in [1.82, 2.24) is 0 Å². The van der Waals surface area contributed by atoms with E-state index in [0.29, 0.717) is 11.5 Å². The Kier molecular flexibility index (Phi) is 3.36. The number of ether oxygens (including phenoxy) is 1. The summed E-state index contributed by atoms with van der Waals surface area (Å²) in [5.41, 5.74) is 6.36. The maximum Gasteiger partial charge on any atom is 0.0672 e. The Morgan fingerprint density at radius 1 is 1.47 bits per heavy atom. The summed E-state index contributed by atoms with van der Waals surface area (Å²) in [4.78, 5) is 0. The van der Waals surface area contributed by atoms with Gasteiger partial charge in [0.1, 0.15) is 0 Å².